The minimum atomic E-state index is -1.93. The van der Waals surface area contributed by atoms with Crippen molar-refractivity contribution in [2.75, 3.05) is 6.54 Å². The van der Waals surface area contributed by atoms with Crippen LogP contribution in [0, 0.1) is 11.8 Å². The van der Waals surface area contributed by atoms with Crippen LogP contribution in [0.4, 0.5) is 4.79 Å². The molecule has 49 heavy (non-hydrogen) atoms. The predicted octanol–water partition coefficient (Wildman–Crippen LogP) is 6.74. The molecule has 2 heterocycles. The number of carbonyl (C=O) groups excluding carboxylic acids is 3. The average Bonchev–Trinajstić information content (AvgIpc) is 3.47. The molecule has 2 aliphatic rings. The van der Waals surface area contributed by atoms with Crippen LogP contribution in [0.15, 0.2) is 78.9 Å². The van der Waals surface area contributed by atoms with E-state index >= 15 is 0 Å². The normalized spacial score (nSPS) is 22.2. The number of hydrogen-bond acceptors (Lipinski definition) is 5. The molecule has 3 amide bonds. The molecule has 1 aromatic heterocycles. The lowest BCUT2D eigenvalue weighted by Gasteiger charge is -2.50. The Kier molecular flexibility index (Phi) is 9.58. The van der Waals surface area contributed by atoms with Crippen molar-refractivity contribution in [1.29, 1.82) is 0 Å². The van der Waals surface area contributed by atoms with Crippen LogP contribution in [0.1, 0.15) is 82.7 Å². The molecule has 258 valence electrons. The van der Waals surface area contributed by atoms with E-state index in [1.54, 1.807) is 20.8 Å². The fraction of sp³-hybridized carbons (Fsp3) is 0.425. The van der Waals surface area contributed by atoms with Crippen molar-refractivity contribution in [2.45, 2.75) is 89.5 Å². The minimum absolute atomic E-state index is 0.226. The van der Waals surface area contributed by atoms with E-state index < -0.39 is 53.0 Å². The number of para-hydroxylation sites is 1. The molecule has 9 heteroatoms. The number of aromatic nitrogens is 1. The number of benzene rings is 3. The maximum atomic E-state index is 14.3. The van der Waals surface area contributed by atoms with Gasteiger partial charge in [0, 0.05) is 35.5 Å². The second kappa shape index (κ2) is 13.7. The quantitative estimate of drug-likeness (QED) is 0.165. The molecule has 5 unspecified atom stereocenters. The summed E-state index contributed by atoms with van der Waals surface area (Å²) in [6.45, 7) is 7.74. The highest BCUT2D eigenvalue weighted by Gasteiger charge is 2.55. The number of ether oxygens (including phenoxy) is 1. The van der Waals surface area contributed by atoms with Gasteiger partial charge in [0.05, 0.1) is 6.04 Å². The van der Waals surface area contributed by atoms with Crippen LogP contribution in [0.3, 0.4) is 0 Å². The van der Waals surface area contributed by atoms with E-state index in [0.29, 0.717) is 31.4 Å². The summed E-state index contributed by atoms with van der Waals surface area (Å²) in [6, 6.07) is 23.7. The lowest BCUT2D eigenvalue weighted by Crippen LogP contribution is -2.59. The molecule has 5 N–H and O–H groups in total. The standard InChI is InChI=1S/C40H48N4O5/c1-5-23-42-37(46)40(48,27-21-19-26(20-22-27)25-13-7-6-8-14-25)31-17-11-9-16-29(31)35-34-30(28-15-10-12-18-32(28)43-34)24-33(36(41)45)44(35)38(47)49-39(2,3)4/h6-8,10,12-15,18-22,29,31,33,35,43,48H,5,9,11,16-17,23-24H2,1-4H3,(H2,41,45)(H,42,46). The second-order valence-corrected chi connectivity index (χ2v) is 14.5. The Labute approximate surface area is 288 Å². The number of aliphatic hydroxyl groups is 1. The SMILES string of the molecule is CCCNC(=O)C(O)(c1ccc(-c2ccccc2)cc1)C1CCCCC1C1c2[nH]c3ccccc3c2CC(C(N)=O)N1C(=O)OC(C)(C)C. The monoisotopic (exact) mass is 664 g/mol. The van der Waals surface area contributed by atoms with Crippen molar-refractivity contribution in [3.8, 4) is 11.1 Å². The molecule has 1 aliphatic carbocycles. The summed E-state index contributed by atoms with van der Waals surface area (Å²) in [4.78, 5) is 46.9. The van der Waals surface area contributed by atoms with Crippen LogP contribution < -0.4 is 11.1 Å². The van der Waals surface area contributed by atoms with Gasteiger partial charge in [-0.2, -0.15) is 0 Å². The maximum Gasteiger partial charge on any atom is 0.411 e. The van der Waals surface area contributed by atoms with Crippen LogP contribution in [0.2, 0.25) is 0 Å². The van der Waals surface area contributed by atoms with Crippen molar-refractivity contribution in [2.24, 2.45) is 17.6 Å². The molecular weight excluding hydrogens is 616 g/mol. The zero-order valence-corrected chi connectivity index (χ0v) is 28.9. The highest BCUT2D eigenvalue weighted by atomic mass is 16.6. The van der Waals surface area contributed by atoms with E-state index in [-0.39, 0.29) is 6.42 Å². The Hall–Kier alpha value is -4.63. The highest BCUT2D eigenvalue weighted by molar-refractivity contribution is 5.91. The molecule has 0 bridgehead atoms. The summed E-state index contributed by atoms with van der Waals surface area (Å²) in [5.74, 6) is -2.14. The van der Waals surface area contributed by atoms with E-state index in [1.807, 2.05) is 85.8 Å². The number of amides is 3. The van der Waals surface area contributed by atoms with E-state index in [0.717, 1.165) is 46.1 Å². The molecule has 3 aromatic carbocycles. The first-order chi connectivity index (χ1) is 23.4. The largest absolute Gasteiger partial charge is 0.444 e. The van der Waals surface area contributed by atoms with Gasteiger partial charge < -0.3 is 25.9 Å². The number of nitrogens with zero attached hydrogens (tertiary/aromatic N) is 1. The first-order valence-electron chi connectivity index (χ1n) is 17.5. The molecule has 6 rings (SSSR count). The van der Waals surface area contributed by atoms with E-state index in [1.165, 1.54) is 4.90 Å². The van der Waals surface area contributed by atoms with Crippen molar-refractivity contribution < 1.29 is 24.2 Å². The van der Waals surface area contributed by atoms with Crippen LogP contribution in [-0.4, -0.2) is 51.1 Å². The Bertz CT molecular complexity index is 1810. The summed E-state index contributed by atoms with van der Waals surface area (Å²) >= 11 is 0. The van der Waals surface area contributed by atoms with Gasteiger partial charge >= 0.3 is 6.09 Å². The molecule has 0 radical (unpaired) electrons. The van der Waals surface area contributed by atoms with Crippen molar-refractivity contribution >= 4 is 28.8 Å². The molecule has 1 fully saturated rings. The van der Waals surface area contributed by atoms with Crippen molar-refractivity contribution in [3.63, 3.8) is 0 Å². The summed E-state index contributed by atoms with van der Waals surface area (Å²) in [5, 5.41) is 16.9. The molecule has 0 spiro atoms. The number of primary amides is 1. The topological polar surface area (TPSA) is 138 Å². The highest BCUT2D eigenvalue weighted by Crippen LogP contribution is 2.53. The molecule has 1 saturated carbocycles. The van der Waals surface area contributed by atoms with Crippen molar-refractivity contribution in [3.05, 3.63) is 95.7 Å². The molecule has 4 aromatic rings. The van der Waals surface area contributed by atoms with Crippen LogP contribution in [-0.2, 0) is 26.3 Å². The zero-order chi connectivity index (χ0) is 34.9. The number of carbonyl (C=O) groups is 3. The Balaban J connectivity index is 1.52. The predicted molar refractivity (Wildman–Crippen MR) is 190 cm³/mol. The maximum absolute atomic E-state index is 14.3. The average molecular weight is 665 g/mol. The first kappa shape index (κ1) is 34.2. The van der Waals surface area contributed by atoms with E-state index in [9.17, 15) is 19.5 Å². The van der Waals surface area contributed by atoms with Gasteiger partial charge in [-0.15, -0.1) is 0 Å². The molecule has 0 saturated heterocycles. The number of hydrogen-bond donors (Lipinski definition) is 4. The van der Waals surface area contributed by atoms with Crippen LogP contribution in [0.25, 0.3) is 22.0 Å². The van der Waals surface area contributed by atoms with E-state index in [4.69, 9.17) is 10.5 Å². The minimum Gasteiger partial charge on any atom is -0.444 e. The van der Waals surface area contributed by atoms with Gasteiger partial charge in [0.2, 0.25) is 5.91 Å². The number of H-pyrrole nitrogens is 1. The summed E-state index contributed by atoms with van der Waals surface area (Å²) in [5.41, 5.74) is 8.39. The van der Waals surface area contributed by atoms with Gasteiger partial charge in [-0.3, -0.25) is 14.5 Å². The Morgan fingerprint density at radius 2 is 1.59 bits per heavy atom. The van der Waals surface area contributed by atoms with Crippen LogP contribution >= 0.6 is 0 Å². The van der Waals surface area contributed by atoms with Crippen LogP contribution in [0.5, 0.6) is 0 Å². The van der Waals surface area contributed by atoms with Gasteiger partial charge in [0.25, 0.3) is 5.91 Å². The summed E-state index contributed by atoms with van der Waals surface area (Å²) in [7, 11) is 0. The van der Waals surface area contributed by atoms with Crippen molar-refractivity contribution in [1.82, 2.24) is 15.2 Å². The van der Waals surface area contributed by atoms with Gasteiger partial charge in [0.1, 0.15) is 11.6 Å². The molecule has 5 atom stereocenters. The number of nitrogens with two attached hydrogens (primary N) is 1. The molecule has 1 aliphatic heterocycles. The summed E-state index contributed by atoms with van der Waals surface area (Å²) < 4.78 is 5.95. The second-order valence-electron chi connectivity index (χ2n) is 14.5. The fourth-order valence-corrected chi connectivity index (χ4v) is 8.02. The third-order valence-electron chi connectivity index (χ3n) is 10.2. The molecular formula is C40H48N4O5. The third-order valence-corrected chi connectivity index (χ3v) is 10.2. The fourth-order valence-electron chi connectivity index (χ4n) is 8.02. The lowest BCUT2D eigenvalue weighted by molar-refractivity contribution is -0.156. The van der Waals surface area contributed by atoms with Gasteiger partial charge in [-0.05, 0) is 74.3 Å². The number of fused-ring (bicyclic) bond motifs is 3. The number of nitrogens with one attached hydrogen (secondary N) is 2. The van der Waals surface area contributed by atoms with Gasteiger partial charge in [0.15, 0.2) is 5.60 Å². The Morgan fingerprint density at radius 3 is 2.27 bits per heavy atom. The van der Waals surface area contributed by atoms with E-state index in [2.05, 4.69) is 10.3 Å². The summed E-state index contributed by atoms with van der Waals surface area (Å²) in [6.07, 6.45) is 3.06. The lowest BCUT2D eigenvalue weighted by atomic mass is 9.63. The zero-order valence-electron chi connectivity index (χ0n) is 28.9. The number of aromatic amines is 1. The third kappa shape index (κ3) is 6.56. The smallest absolute Gasteiger partial charge is 0.411 e. The van der Waals surface area contributed by atoms with Gasteiger partial charge in [-0.1, -0.05) is 92.6 Å². The number of rotatable bonds is 8. The first-order valence-corrected chi connectivity index (χ1v) is 17.5. The van der Waals surface area contributed by atoms with Gasteiger partial charge in [-0.25, -0.2) is 4.79 Å². The Morgan fingerprint density at radius 1 is 0.939 bits per heavy atom. The molecule has 9 nitrogen and oxygen atoms in total.